The van der Waals surface area contributed by atoms with Gasteiger partial charge in [-0.25, -0.2) is 18.2 Å². The molecule has 3 heterocycles. The summed E-state index contributed by atoms with van der Waals surface area (Å²) in [6.45, 7) is 4.32. The number of pyridine rings is 1. The lowest BCUT2D eigenvalue weighted by atomic mass is 10.0. The maximum atomic E-state index is 14.7. The summed E-state index contributed by atoms with van der Waals surface area (Å²) < 4.78 is 52.0. The van der Waals surface area contributed by atoms with E-state index >= 15 is 0 Å². The van der Waals surface area contributed by atoms with Gasteiger partial charge in [0.25, 0.3) is 6.43 Å². The Morgan fingerprint density at radius 1 is 1.12 bits per heavy atom. The molecule has 0 amide bonds. The number of benzene rings is 1. The van der Waals surface area contributed by atoms with Gasteiger partial charge >= 0.3 is 0 Å². The molecule has 1 aromatic carbocycles. The maximum Gasteiger partial charge on any atom is 0.266 e. The van der Waals surface area contributed by atoms with Gasteiger partial charge in [0.2, 0.25) is 5.88 Å². The average molecular weight is 477 g/mol. The Hall–Kier alpha value is -3.18. The van der Waals surface area contributed by atoms with Crippen LogP contribution >= 0.6 is 0 Å². The SMILES string of the molecule is CO[C@H]1CN(c2cc3c(N[C@H](C)c4cccc(C(F)F)c4F)nnc(C)c3nc2O)C[C@H]1OC. The summed E-state index contributed by atoms with van der Waals surface area (Å²) in [6, 6.07) is 4.93. The summed E-state index contributed by atoms with van der Waals surface area (Å²) in [5.41, 5.74) is 0.786. The minimum atomic E-state index is -2.92. The van der Waals surface area contributed by atoms with Crippen LogP contribution in [0.1, 0.15) is 36.2 Å². The normalized spacial score (nSPS) is 19.2. The highest BCUT2D eigenvalue weighted by molar-refractivity contribution is 5.93. The molecule has 0 radical (unpaired) electrons. The predicted octanol–water partition coefficient (Wildman–Crippen LogP) is 4.14. The molecule has 0 bridgehead atoms. The van der Waals surface area contributed by atoms with Gasteiger partial charge in [0.05, 0.1) is 17.3 Å². The lowest BCUT2D eigenvalue weighted by molar-refractivity contribution is -0.00461. The van der Waals surface area contributed by atoms with Crippen molar-refractivity contribution in [2.45, 2.75) is 38.5 Å². The number of aromatic nitrogens is 3. The molecule has 0 unspecified atom stereocenters. The van der Waals surface area contributed by atoms with Crippen LogP contribution in [0.25, 0.3) is 10.9 Å². The molecule has 1 fully saturated rings. The summed E-state index contributed by atoms with van der Waals surface area (Å²) >= 11 is 0. The summed E-state index contributed by atoms with van der Waals surface area (Å²) in [4.78, 5) is 6.24. The molecule has 1 saturated heterocycles. The predicted molar refractivity (Wildman–Crippen MR) is 121 cm³/mol. The van der Waals surface area contributed by atoms with Gasteiger partial charge in [0.15, 0.2) is 5.82 Å². The summed E-state index contributed by atoms with van der Waals surface area (Å²) in [6.07, 6.45) is -3.28. The Bertz CT molecular complexity index is 1180. The van der Waals surface area contributed by atoms with E-state index in [2.05, 4.69) is 20.5 Å². The lowest BCUT2D eigenvalue weighted by Gasteiger charge is -2.21. The second-order valence-corrected chi connectivity index (χ2v) is 8.23. The van der Waals surface area contributed by atoms with Crippen molar-refractivity contribution in [1.29, 1.82) is 0 Å². The van der Waals surface area contributed by atoms with Gasteiger partial charge < -0.3 is 24.8 Å². The van der Waals surface area contributed by atoms with E-state index in [4.69, 9.17) is 9.47 Å². The number of fused-ring (bicyclic) bond motifs is 1. The minimum absolute atomic E-state index is 0.0747. The van der Waals surface area contributed by atoms with Gasteiger partial charge in [0, 0.05) is 38.3 Å². The molecule has 0 spiro atoms. The van der Waals surface area contributed by atoms with Crippen molar-refractivity contribution in [2.75, 3.05) is 37.5 Å². The molecule has 0 aliphatic carbocycles. The molecule has 3 aromatic rings. The van der Waals surface area contributed by atoms with E-state index in [0.717, 1.165) is 6.07 Å². The minimum Gasteiger partial charge on any atom is -0.492 e. The number of nitrogens with one attached hydrogen (secondary N) is 1. The van der Waals surface area contributed by atoms with Crippen LogP contribution in [0.15, 0.2) is 24.3 Å². The topological polar surface area (TPSA) is 92.6 Å². The Morgan fingerprint density at radius 2 is 1.76 bits per heavy atom. The van der Waals surface area contributed by atoms with Crippen molar-refractivity contribution in [3.05, 3.63) is 46.9 Å². The van der Waals surface area contributed by atoms with E-state index in [0.29, 0.717) is 35.4 Å². The first-order valence-corrected chi connectivity index (χ1v) is 10.8. The molecular weight excluding hydrogens is 451 g/mol. The number of hydrogen-bond donors (Lipinski definition) is 2. The highest BCUT2D eigenvalue weighted by Gasteiger charge is 2.35. The Labute approximate surface area is 194 Å². The third-order valence-electron chi connectivity index (χ3n) is 6.16. The highest BCUT2D eigenvalue weighted by atomic mass is 19.3. The second-order valence-electron chi connectivity index (χ2n) is 8.23. The molecule has 4 rings (SSSR count). The van der Waals surface area contributed by atoms with Crippen LogP contribution < -0.4 is 10.2 Å². The van der Waals surface area contributed by atoms with E-state index in [-0.39, 0.29) is 29.5 Å². The Kier molecular flexibility index (Phi) is 6.76. The van der Waals surface area contributed by atoms with Crippen LogP contribution in [-0.2, 0) is 9.47 Å². The Balaban J connectivity index is 1.72. The number of nitrogens with zero attached hydrogens (tertiary/aromatic N) is 4. The lowest BCUT2D eigenvalue weighted by Crippen LogP contribution is -2.27. The van der Waals surface area contributed by atoms with Crippen LogP contribution in [0, 0.1) is 12.7 Å². The highest BCUT2D eigenvalue weighted by Crippen LogP contribution is 2.36. The first-order valence-electron chi connectivity index (χ1n) is 10.8. The van der Waals surface area contributed by atoms with E-state index < -0.39 is 23.8 Å². The van der Waals surface area contributed by atoms with Crippen LogP contribution in [0.2, 0.25) is 0 Å². The zero-order chi connectivity index (χ0) is 24.6. The molecule has 3 atom stereocenters. The smallest absolute Gasteiger partial charge is 0.266 e. The number of halogens is 3. The monoisotopic (exact) mass is 477 g/mol. The van der Waals surface area contributed by atoms with E-state index in [1.54, 1.807) is 34.1 Å². The number of alkyl halides is 2. The van der Waals surface area contributed by atoms with Crippen molar-refractivity contribution in [3.8, 4) is 5.88 Å². The third kappa shape index (κ3) is 4.32. The molecule has 11 heteroatoms. The molecule has 2 aromatic heterocycles. The number of ether oxygens (including phenoxy) is 2. The van der Waals surface area contributed by atoms with Crippen LogP contribution in [-0.4, -0.2) is 59.8 Å². The van der Waals surface area contributed by atoms with Crippen molar-refractivity contribution in [2.24, 2.45) is 0 Å². The fourth-order valence-electron chi connectivity index (χ4n) is 4.26. The number of methoxy groups -OCH3 is 2. The number of anilines is 2. The number of hydrogen-bond acceptors (Lipinski definition) is 8. The number of rotatable bonds is 7. The standard InChI is InChI=1S/C23H26F3N5O3/c1-11(13-6-5-7-14(19(13)24)21(25)26)27-22-15-8-16(23(32)28-20(15)12(2)29-30-22)31-9-17(33-3)18(10-31)34-4/h5-8,11,17-18,21H,9-10H2,1-4H3,(H,27,30)(H,28,32)/t11-,17-,18+/m1/s1. The van der Waals surface area contributed by atoms with Gasteiger partial charge in [-0.1, -0.05) is 18.2 Å². The summed E-state index contributed by atoms with van der Waals surface area (Å²) in [5.74, 6) is -0.856. The van der Waals surface area contributed by atoms with Crippen LogP contribution in [0.4, 0.5) is 24.7 Å². The van der Waals surface area contributed by atoms with Crippen molar-refractivity contribution in [3.63, 3.8) is 0 Å². The number of aryl methyl sites for hydroxylation is 1. The largest absolute Gasteiger partial charge is 0.492 e. The third-order valence-corrected chi connectivity index (χ3v) is 6.16. The van der Waals surface area contributed by atoms with Crippen LogP contribution in [0.3, 0.4) is 0 Å². The molecule has 2 N–H and O–H groups in total. The maximum absolute atomic E-state index is 14.7. The number of aromatic hydroxyl groups is 1. The van der Waals surface area contributed by atoms with Gasteiger partial charge in [-0.05, 0) is 19.9 Å². The van der Waals surface area contributed by atoms with Crippen LogP contribution in [0.5, 0.6) is 5.88 Å². The molecule has 8 nitrogen and oxygen atoms in total. The van der Waals surface area contributed by atoms with Crippen molar-refractivity contribution < 1.29 is 27.8 Å². The van der Waals surface area contributed by atoms with E-state index in [1.807, 2.05) is 4.90 Å². The van der Waals surface area contributed by atoms with Crippen molar-refractivity contribution in [1.82, 2.24) is 15.2 Å². The molecule has 182 valence electrons. The summed E-state index contributed by atoms with van der Waals surface area (Å²) in [7, 11) is 3.20. The fraction of sp³-hybridized carbons (Fsp3) is 0.435. The zero-order valence-electron chi connectivity index (χ0n) is 19.2. The van der Waals surface area contributed by atoms with E-state index in [9.17, 15) is 18.3 Å². The molecular formula is C23H26F3N5O3. The average Bonchev–Trinajstić information content (AvgIpc) is 3.24. The van der Waals surface area contributed by atoms with Gasteiger partial charge in [-0.2, -0.15) is 5.10 Å². The van der Waals surface area contributed by atoms with Gasteiger partial charge in [-0.3, -0.25) is 0 Å². The Morgan fingerprint density at radius 3 is 2.38 bits per heavy atom. The fourth-order valence-corrected chi connectivity index (χ4v) is 4.26. The zero-order valence-corrected chi connectivity index (χ0v) is 19.2. The second kappa shape index (κ2) is 9.59. The van der Waals surface area contributed by atoms with Gasteiger partial charge in [-0.15, -0.1) is 5.10 Å². The molecule has 1 aliphatic rings. The van der Waals surface area contributed by atoms with Crippen molar-refractivity contribution >= 4 is 22.4 Å². The van der Waals surface area contributed by atoms with E-state index in [1.165, 1.54) is 12.1 Å². The molecule has 0 saturated carbocycles. The first kappa shape index (κ1) is 24.0. The quantitative estimate of drug-likeness (QED) is 0.525. The first-order chi connectivity index (χ1) is 16.2. The van der Waals surface area contributed by atoms with Gasteiger partial charge in [0.1, 0.15) is 29.2 Å². The molecule has 34 heavy (non-hydrogen) atoms. The molecule has 1 aliphatic heterocycles. The summed E-state index contributed by atoms with van der Waals surface area (Å²) in [5, 5.41) is 22.6.